The van der Waals surface area contributed by atoms with Gasteiger partial charge in [0, 0.05) is 0 Å². The molecule has 116 valence electrons. The Balaban J connectivity index is 2.36. The first-order valence-electron chi connectivity index (χ1n) is 7.63. The van der Waals surface area contributed by atoms with Crippen LogP contribution in [0.5, 0.6) is 0 Å². The fourth-order valence-corrected chi connectivity index (χ4v) is 1.91. The van der Waals surface area contributed by atoms with E-state index in [4.69, 9.17) is 9.47 Å². The van der Waals surface area contributed by atoms with Gasteiger partial charge in [0.05, 0.1) is 24.3 Å². The van der Waals surface area contributed by atoms with E-state index in [0.29, 0.717) is 24.3 Å². The zero-order valence-electron chi connectivity index (χ0n) is 12.9. The molecule has 0 radical (unpaired) electrons. The molecule has 0 aliphatic carbocycles. The standard InChI is InChI=1S/C17H24O4/c1-3-5-6-7-8-13-21-17(19)15-11-9-14(10-12-15)16(18)20-4-2/h9-12H,3-8,13H2,1-2H3. The number of unbranched alkanes of at least 4 members (excludes halogenated alkanes) is 4. The van der Waals surface area contributed by atoms with Gasteiger partial charge in [0.25, 0.3) is 0 Å². The Labute approximate surface area is 126 Å². The second-order valence-corrected chi connectivity index (χ2v) is 4.85. The van der Waals surface area contributed by atoms with Crippen LogP contribution in [0.2, 0.25) is 0 Å². The molecule has 4 nitrogen and oxygen atoms in total. The van der Waals surface area contributed by atoms with Crippen LogP contribution in [0.15, 0.2) is 24.3 Å². The van der Waals surface area contributed by atoms with E-state index in [1.165, 1.54) is 19.3 Å². The molecule has 4 heteroatoms. The smallest absolute Gasteiger partial charge is 0.338 e. The number of carbonyl (C=O) groups is 2. The predicted octanol–water partition coefficient (Wildman–Crippen LogP) is 3.99. The van der Waals surface area contributed by atoms with Gasteiger partial charge in [-0.2, -0.15) is 0 Å². The van der Waals surface area contributed by atoms with E-state index in [2.05, 4.69) is 6.92 Å². The summed E-state index contributed by atoms with van der Waals surface area (Å²) in [6, 6.07) is 6.34. The molecule has 1 aromatic rings. The number of rotatable bonds is 9. The van der Waals surface area contributed by atoms with E-state index in [0.717, 1.165) is 12.8 Å². The van der Waals surface area contributed by atoms with Gasteiger partial charge in [-0.15, -0.1) is 0 Å². The third-order valence-electron chi connectivity index (χ3n) is 3.11. The molecule has 1 rings (SSSR count). The van der Waals surface area contributed by atoms with Crippen LogP contribution in [0.3, 0.4) is 0 Å². The van der Waals surface area contributed by atoms with Gasteiger partial charge >= 0.3 is 11.9 Å². The summed E-state index contributed by atoms with van der Waals surface area (Å²) in [6.45, 7) is 4.70. The molecular weight excluding hydrogens is 268 g/mol. The summed E-state index contributed by atoms with van der Waals surface area (Å²) in [5, 5.41) is 0. The molecular formula is C17H24O4. The van der Waals surface area contributed by atoms with Crippen LogP contribution in [-0.4, -0.2) is 25.2 Å². The Morgan fingerprint density at radius 1 is 0.810 bits per heavy atom. The third-order valence-corrected chi connectivity index (χ3v) is 3.11. The summed E-state index contributed by atoms with van der Waals surface area (Å²) >= 11 is 0. The molecule has 0 aliphatic heterocycles. The number of esters is 2. The Morgan fingerprint density at radius 3 is 1.86 bits per heavy atom. The average molecular weight is 292 g/mol. The monoisotopic (exact) mass is 292 g/mol. The fraction of sp³-hybridized carbons (Fsp3) is 0.529. The van der Waals surface area contributed by atoms with E-state index in [-0.39, 0.29) is 11.9 Å². The highest BCUT2D eigenvalue weighted by Crippen LogP contribution is 2.08. The van der Waals surface area contributed by atoms with Crippen LogP contribution in [-0.2, 0) is 9.47 Å². The van der Waals surface area contributed by atoms with Gasteiger partial charge < -0.3 is 9.47 Å². The molecule has 0 unspecified atom stereocenters. The average Bonchev–Trinajstić information content (AvgIpc) is 2.51. The minimum absolute atomic E-state index is 0.334. The maximum atomic E-state index is 11.8. The van der Waals surface area contributed by atoms with Crippen molar-refractivity contribution in [2.75, 3.05) is 13.2 Å². The maximum Gasteiger partial charge on any atom is 0.338 e. The fourth-order valence-electron chi connectivity index (χ4n) is 1.91. The highest BCUT2D eigenvalue weighted by molar-refractivity contribution is 5.93. The van der Waals surface area contributed by atoms with E-state index in [1.54, 1.807) is 31.2 Å². The van der Waals surface area contributed by atoms with Gasteiger partial charge in [-0.1, -0.05) is 32.6 Å². The number of benzene rings is 1. The molecule has 0 amide bonds. The second-order valence-electron chi connectivity index (χ2n) is 4.85. The van der Waals surface area contributed by atoms with Crippen molar-refractivity contribution in [3.63, 3.8) is 0 Å². The van der Waals surface area contributed by atoms with Crippen molar-refractivity contribution in [3.8, 4) is 0 Å². The lowest BCUT2D eigenvalue weighted by Gasteiger charge is -2.06. The zero-order valence-corrected chi connectivity index (χ0v) is 12.9. The first-order chi connectivity index (χ1) is 10.2. The van der Waals surface area contributed by atoms with Gasteiger partial charge in [0.2, 0.25) is 0 Å². The predicted molar refractivity (Wildman–Crippen MR) is 81.4 cm³/mol. The topological polar surface area (TPSA) is 52.6 Å². The molecule has 0 spiro atoms. The summed E-state index contributed by atoms with van der Waals surface area (Å²) in [5.41, 5.74) is 0.893. The summed E-state index contributed by atoms with van der Waals surface area (Å²) in [7, 11) is 0. The quantitative estimate of drug-likeness (QED) is 0.510. The van der Waals surface area contributed by atoms with Gasteiger partial charge in [0.15, 0.2) is 0 Å². The van der Waals surface area contributed by atoms with Crippen molar-refractivity contribution in [2.24, 2.45) is 0 Å². The first kappa shape index (κ1) is 17.2. The Bertz CT molecular complexity index is 437. The lowest BCUT2D eigenvalue weighted by molar-refractivity contribution is 0.0491. The lowest BCUT2D eigenvalue weighted by atomic mass is 10.1. The molecule has 0 aliphatic rings. The van der Waals surface area contributed by atoms with Crippen LogP contribution < -0.4 is 0 Å². The number of ether oxygens (including phenoxy) is 2. The van der Waals surface area contributed by atoms with Crippen molar-refractivity contribution < 1.29 is 19.1 Å². The zero-order chi connectivity index (χ0) is 15.5. The van der Waals surface area contributed by atoms with Crippen molar-refractivity contribution in [1.82, 2.24) is 0 Å². The Kier molecular flexibility index (Phi) is 8.17. The molecule has 0 aromatic heterocycles. The Hall–Kier alpha value is -1.84. The van der Waals surface area contributed by atoms with Gasteiger partial charge in [-0.3, -0.25) is 0 Å². The number of hydrogen-bond acceptors (Lipinski definition) is 4. The number of carbonyl (C=O) groups excluding carboxylic acids is 2. The highest BCUT2D eigenvalue weighted by atomic mass is 16.5. The van der Waals surface area contributed by atoms with Crippen LogP contribution in [0.1, 0.15) is 66.7 Å². The normalized spacial score (nSPS) is 10.2. The highest BCUT2D eigenvalue weighted by Gasteiger charge is 2.10. The molecule has 21 heavy (non-hydrogen) atoms. The van der Waals surface area contributed by atoms with E-state index in [1.807, 2.05) is 0 Å². The van der Waals surface area contributed by atoms with E-state index < -0.39 is 0 Å². The van der Waals surface area contributed by atoms with Gasteiger partial charge in [0.1, 0.15) is 0 Å². The molecule has 0 heterocycles. The van der Waals surface area contributed by atoms with Crippen molar-refractivity contribution in [3.05, 3.63) is 35.4 Å². The molecule has 0 bridgehead atoms. The SMILES string of the molecule is CCCCCCCOC(=O)c1ccc(C(=O)OCC)cc1. The van der Waals surface area contributed by atoms with Crippen LogP contribution in [0.25, 0.3) is 0 Å². The third kappa shape index (κ3) is 6.43. The van der Waals surface area contributed by atoms with Gasteiger partial charge in [-0.05, 0) is 37.6 Å². The van der Waals surface area contributed by atoms with Gasteiger partial charge in [-0.25, -0.2) is 9.59 Å². The largest absolute Gasteiger partial charge is 0.462 e. The molecule has 0 saturated carbocycles. The second kappa shape index (κ2) is 9.97. The summed E-state index contributed by atoms with van der Waals surface area (Å²) in [5.74, 6) is -0.728. The van der Waals surface area contributed by atoms with Crippen molar-refractivity contribution in [2.45, 2.75) is 46.0 Å². The van der Waals surface area contributed by atoms with Crippen LogP contribution in [0.4, 0.5) is 0 Å². The van der Waals surface area contributed by atoms with E-state index in [9.17, 15) is 9.59 Å². The van der Waals surface area contributed by atoms with Crippen LogP contribution in [0, 0.1) is 0 Å². The molecule has 0 saturated heterocycles. The summed E-state index contributed by atoms with van der Waals surface area (Å²) in [6.07, 6.45) is 5.59. The molecule has 0 N–H and O–H groups in total. The van der Waals surface area contributed by atoms with E-state index >= 15 is 0 Å². The minimum Gasteiger partial charge on any atom is -0.462 e. The molecule has 1 aromatic carbocycles. The summed E-state index contributed by atoms with van der Waals surface area (Å²) in [4.78, 5) is 23.3. The lowest BCUT2D eigenvalue weighted by Crippen LogP contribution is -2.08. The minimum atomic E-state index is -0.381. The molecule has 0 fully saturated rings. The number of hydrogen-bond donors (Lipinski definition) is 0. The maximum absolute atomic E-state index is 11.8. The first-order valence-corrected chi connectivity index (χ1v) is 7.63. The van der Waals surface area contributed by atoms with Crippen molar-refractivity contribution in [1.29, 1.82) is 0 Å². The molecule has 0 atom stereocenters. The Morgan fingerprint density at radius 2 is 1.33 bits per heavy atom. The van der Waals surface area contributed by atoms with Crippen molar-refractivity contribution >= 4 is 11.9 Å². The summed E-state index contributed by atoms with van der Waals surface area (Å²) < 4.78 is 10.1. The van der Waals surface area contributed by atoms with Crippen LogP contribution >= 0.6 is 0 Å².